The van der Waals surface area contributed by atoms with Gasteiger partial charge in [-0.25, -0.2) is 4.98 Å². The smallest absolute Gasteiger partial charge is 0.138 e. The van der Waals surface area contributed by atoms with Crippen molar-refractivity contribution in [2.24, 2.45) is 0 Å². The van der Waals surface area contributed by atoms with Gasteiger partial charge in [-0.3, -0.25) is 4.90 Å². The molecule has 0 radical (unpaired) electrons. The quantitative estimate of drug-likeness (QED) is 0.940. The molecule has 3 heterocycles. The van der Waals surface area contributed by atoms with Gasteiger partial charge in [-0.15, -0.1) is 0 Å². The average molecular weight is 304 g/mol. The number of aromatic amines is 1. The van der Waals surface area contributed by atoms with Gasteiger partial charge in [-0.2, -0.15) is 0 Å². The monoisotopic (exact) mass is 304 g/mol. The van der Waals surface area contributed by atoms with Crippen LogP contribution in [0.15, 0.2) is 4.52 Å². The number of nitrogens with one attached hydrogen (secondary N) is 1. The van der Waals surface area contributed by atoms with Crippen molar-refractivity contribution in [3.63, 3.8) is 0 Å². The third kappa shape index (κ3) is 2.68. The third-order valence-corrected chi connectivity index (χ3v) is 4.70. The van der Waals surface area contributed by atoms with Crippen molar-refractivity contribution in [2.75, 3.05) is 13.7 Å². The number of aromatic nitrogens is 3. The van der Waals surface area contributed by atoms with Crippen LogP contribution in [0.3, 0.4) is 0 Å². The zero-order valence-corrected chi connectivity index (χ0v) is 13.9. The fraction of sp³-hybridized carbons (Fsp3) is 0.625. The summed E-state index contributed by atoms with van der Waals surface area (Å²) in [4.78, 5) is 10.5. The largest absolute Gasteiger partial charge is 0.380 e. The number of H-pyrrole nitrogens is 1. The average Bonchev–Trinajstić information content (AvgIpc) is 3.14. The Hall–Kier alpha value is -1.66. The molecule has 0 aromatic carbocycles. The van der Waals surface area contributed by atoms with E-state index in [1.807, 2.05) is 20.8 Å². The Bertz CT molecular complexity index is 622. The van der Waals surface area contributed by atoms with E-state index < -0.39 is 0 Å². The lowest BCUT2D eigenvalue weighted by molar-refractivity contribution is 0.107. The Kier molecular flexibility index (Phi) is 4.06. The number of aryl methyl sites for hydroxylation is 4. The fourth-order valence-corrected chi connectivity index (χ4v) is 3.16. The lowest BCUT2D eigenvalue weighted by Crippen LogP contribution is -2.25. The molecule has 0 aliphatic carbocycles. The summed E-state index contributed by atoms with van der Waals surface area (Å²) < 4.78 is 10.9. The second-order valence-electron chi connectivity index (χ2n) is 6.17. The van der Waals surface area contributed by atoms with Crippen LogP contribution in [0.2, 0.25) is 0 Å². The third-order valence-electron chi connectivity index (χ3n) is 4.70. The number of hydrogen-bond donors (Lipinski definition) is 1. The number of rotatable bonds is 4. The summed E-state index contributed by atoms with van der Waals surface area (Å²) in [5, 5.41) is 4.06. The lowest BCUT2D eigenvalue weighted by Gasteiger charge is -2.22. The van der Waals surface area contributed by atoms with E-state index in [-0.39, 0.29) is 12.1 Å². The molecule has 1 N–H and O–H groups in total. The Balaban J connectivity index is 1.86. The minimum atomic E-state index is 0.233. The molecule has 0 unspecified atom stereocenters. The molecule has 120 valence electrons. The Morgan fingerprint density at radius 1 is 1.27 bits per heavy atom. The van der Waals surface area contributed by atoms with Crippen molar-refractivity contribution in [1.82, 2.24) is 20.0 Å². The van der Waals surface area contributed by atoms with Gasteiger partial charge >= 0.3 is 0 Å². The SMILES string of the molecule is CO[C@@H]1C[C@@H](c2nc(C)c(C)[nH]2)N(Cc2c(C)noc2C)C1. The highest BCUT2D eigenvalue weighted by Crippen LogP contribution is 2.34. The summed E-state index contributed by atoms with van der Waals surface area (Å²) in [5.74, 6) is 1.92. The summed E-state index contributed by atoms with van der Waals surface area (Å²) in [5.41, 5.74) is 4.33. The van der Waals surface area contributed by atoms with E-state index in [9.17, 15) is 0 Å². The summed E-state index contributed by atoms with van der Waals surface area (Å²) in [7, 11) is 1.78. The first kappa shape index (κ1) is 15.2. The van der Waals surface area contributed by atoms with Crippen LogP contribution in [-0.4, -0.2) is 39.8 Å². The van der Waals surface area contributed by atoms with Gasteiger partial charge in [0.25, 0.3) is 0 Å². The van der Waals surface area contributed by atoms with E-state index in [2.05, 4.69) is 22.0 Å². The van der Waals surface area contributed by atoms with E-state index in [1.165, 1.54) is 5.56 Å². The van der Waals surface area contributed by atoms with E-state index in [4.69, 9.17) is 14.2 Å². The maximum atomic E-state index is 5.59. The first-order chi connectivity index (χ1) is 10.5. The number of methoxy groups -OCH3 is 1. The summed E-state index contributed by atoms with van der Waals surface area (Å²) in [6, 6.07) is 0.242. The minimum absolute atomic E-state index is 0.233. The van der Waals surface area contributed by atoms with Crippen molar-refractivity contribution in [1.29, 1.82) is 0 Å². The molecule has 0 bridgehead atoms. The van der Waals surface area contributed by atoms with Crippen LogP contribution in [0.4, 0.5) is 0 Å². The maximum Gasteiger partial charge on any atom is 0.138 e. The predicted octanol–water partition coefficient (Wildman–Crippen LogP) is 2.59. The molecule has 22 heavy (non-hydrogen) atoms. The van der Waals surface area contributed by atoms with Crippen LogP contribution in [-0.2, 0) is 11.3 Å². The van der Waals surface area contributed by atoms with Gasteiger partial charge in [0.1, 0.15) is 11.6 Å². The second kappa shape index (κ2) is 5.85. The van der Waals surface area contributed by atoms with E-state index >= 15 is 0 Å². The minimum Gasteiger partial charge on any atom is -0.380 e. The van der Waals surface area contributed by atoms with Crippen molar-refractivity contribution < 1.29 is 9.26 Å². The lowest BCUT2D eigenvalue weighted by atomic mass is 10.1. The van der Waals surface area contributed by atoms with Gasteiger partial charge in [0, 0.05) is 31.5 Å². The molecule has 1 aliphatic heterocycles. The molecule has 6 heteroatoms. The normalized spacial score (nSPS) is 22.6. The first-order valence-electron chi connectivity index (χ1n) is 7.71. The highest BCUT2D eigenvalue weighted by Gasteiger charge is 2.36. The van der Waals surface area contributed by atoms with Crippen LogP contribution in [0.1, 0.15) is 46.7 Å². The van der Waals surface area contributed by atoms with Crippen molar-refractivity contribution in [3.8, 4) is 0 Å². The van der Waals surface area contributed by atoms with Gasteiger partial charge in [-0.05, 0) is 34.1 Å². The molecule has 1 saturated heterocycles. The number of hydrogen-bond acceptors (Lipinski definition) is 5. The van der Waals surface area contributed by atoms with E-state index in [1.54, 1.807) is 7.11 Å². The van der Waals surface area contributed by atoms with Gasteiger partial charge in [0.15, 0.2) is 0 Å². The molecule has 1 fully saturated rings. The molecule has 2 aromatic heterocycles. The summed E-state index contributed by atoms with van der Waals surface area (Å²) in [6.07, 6.45) is 1.18. The summed E-state index contributed by atoms with van der Waals surface area (Å²) in [6.45, 7) is 9.76. The van der Waals surface area contributed by atoms with Crippen LogP contribution in [0, 0.1) is 27.7 Å². The van der Waals surface area contributed by atoms with Crippen LogP contribution < -0.4 is 0 Å². The molecule has 0 amide bonds. The van der Waals surface area contributed by atoms with Crippen molar-refractivity contribution in [2.45, 2.75) is 52.8 Å². The molecular formula is C16H24N4O2. The molecule has 1 aliphatic rings. The van der Waals surface area contributed by atoms with Crippen LogP contribution >= 0.6 is 0 Å². The number of imidazole rings is 1. The zero-order chi connectivity index (χ0) is 15.9. The van der Waals surface area contributed by atoms with Gasteiger partial charge in [0.2, 0.25) is 0 Å². The molecule has 6 nitrogen and oxygen atoms in total. The first-order valence-corrected chi connectivity index (χ1v) is 7.71. The second-order valence-corrected chi connectivity index (χ2v) is 6.17. The Labute approximate surface area is 130 Å². The molecule has 2 aromatic rings. The topological polar surface area (TPSA) is 67.2 Å². The highest BCUT2D eigenvalue weighted by molar-refractivity contribution is 5.22. The molecular weight excluding hydrogens is 280 g/mol. The highest BCUT2D eigenvalue weighted by atomic mass is 16.5. The van der Waals surface area contributed by atoms with Gasteiger partial charge < -0.3 is 14.2 Å². The fourth-order valence-electron chi connectivity index (χ4n) is 3.16. The maximum absolute atomic E-state index is 5.59. The number of nitrogens with zero attached hydrogens (tertiary/aromatic N) is 3. The van der Waals surface area contributed by atoms with Crippen LogP contribution in [0.5, 0.6) is 0 Å². The van der Waals surface area contributed by atoms with Crippen molar-refractivity contribution >= 4 is 0 Å². The van der Waals surface area contributed by atoms with Crippen molar-refractivity contribution in [3.05, 3.63) is 34.2 Å². The van der Waals surface area contributed by atoms with Crippen LogP contribution in [0.25, 0.3) is 0 Å². The zero-order valence-electron chi connectivity index (χ0n) is 13.9. The Morgan fingerprint density at radius 2 is 2.05 bits per heavy atom. The summed E-state index contributed by atoms with van der Waals surface area (Å²) >= 11 is 0. The van der Waals surface area contributed by atoms with E-state index in [0.29, 0.717) is 0 Å². The number of ether oxygens (including phenoxy) is 1. The molecule has 0 saturated carbocycles. The molecule has 3 rings (SSSR count). The van der Waals surface area contributed by atoms with E-state index in [0.717, 1.165) is 48.2 Å². The standard InChI is InChI=1S/C16H24N4O2/c1-9-10(2)18-16(17-9)15-6-13(21-5)7-20(15)8-14-11(3)19-22-12(14)4/h13,15H,6-8H2,1-5H3,(H,17,18)/t13-,15+/m1/s1. The molecule has 2 atom stereocenters. The predicted molar refractivity (Wildman–Crippen MR) is 82.6 cm³/mol. The van der Waals surface area contributed by atoms with Gasteiger partial charge in [-0.1, -0.05) is 5.16 Å². The molecule has 0 spiro atoms. The number of likely N-dealkylation sites (tertiary alicyclic amines) is 1. The van der Waals surface area contributed by atoms with Gasteiger partial charge in [0.05, 0.1) is 23.5 Å². The Morgan fingerprint density at radius 3 is 2.59 bits per heavy atom.